The molecule has 0 radical (unpaired) electrons. The highest BCUT2D eigenvalue weighted by atomic mass is 32.1. The first-order valence-corrected chi connectivity index (χ1v) is 7.26. The number of hydrogen-bond acceptors (Lipinski definition) is 4. The van der Waals surface area contributed by atoms with Crippen LogP contribution in [0.25, 0.3) is 31.6 Å². The molecule has 4 heteroatoms. The van der Waals surface area contributed by atoms with Gasteiger partial charge >= 0.3 is 0 Å². The zero-order valence-corrected chi connectivity index (χ0v) is 11.0. The minimum atomic E-state index is 1.05. The summed E-state index contributed by atoms with van der Waals surface area (Å²) in [5.74, 6) is 0. The average molecular weight is 268 g/mol. The van der Waals surface area contributed by atoms with Gasteiger partial charge in [0.2, 0.25) is 0 Å². The lowest BCUT2D eigenvalue weighted by atomic mass is 10.1. The molecule has 0 aliphatic rings. The van der Waals surface area contributed by atoms with E-state index in [9.17, 15) is 0 Å². The third kappa shape index (κ3) is 1.39. The summed E-state index contributed by atoms with van der Waals surface area (Å²) in [6, 6.07) is 14.6. The van der Waals surface area contributed by atoms with Crippen LogP contribution in [-0.2, 0) is 0 Å². The van der Waals surface area contributed by atoms with E-state index in [1.54, 1.807) is 22.9 Å². The molecule has 0 unspecified atom stereocenters. The highest BCUT2D eigenvalue weighted by molar-refractivity contribution is 7.16. The molecule has 0 saturated heterocycles. The molecule has 0 aliphatic heterocycles. The highest BCUT2D eigenvalue weighted by Crippen LogP contribution is 2.35. The summed E-state index contributed by atoms with van der Waals surface area (Å²) >= 11 is 3.21. The van der Waals surface area contributed by atoms with Gasteiger partial charge in [-0.25, -0.2) is 4.98 Å². The van der Waals surface area contributed by atoms with E-state index in [0.717, 1.165) is 16.8 Å². The monoisotopic (exact) mass is 268 g/mol. The molecule has 0 fully saturated rings. The SMILES string of the molecule is c1ccc2c(-c3cccc4scnc34)nsc2c1. The maximum Gasteiger partial charge on any atom is 0.0941 e. The number of aromatic nitrogens is 2. The molecule has 0 saturated carbocycles. The fraction of sp³-hybridized carbons (Fsp3) is 0. The third-order valence-corrected chi connectivity index (χ3v) is 4.61. The Hall–Kier alpha value is -1.78. The van der Waals surface area contributed by atoms with Gasteiger partial charge in [-0.05, 0) is 23.7 Å². The van der Waals surface area contributed by atoms with Crippen molar-refractivity contribution in [1.29, 1.82) is 0 Å². The largest absolute Gasteiger partial charge is 0.244 e. The van der Waals surface area contributed by atoms with E-state index in [2.05, 4.69) is 45.8 Å². The lowest BCUT2D eigenvalue weighted by molar-refractivity contribution is 1.48. The van der Waals surface area contributed by atoms with E-state index < -0.39 is 0 Å². The van der Waals surface area contributed by atoms with E-state index in [1.165, 1.54) is 14.8 Å². The Kier molecular flexibility index (Phi) is 2.18. The Labute approximate surface area is 112 Å². The summed E-state index contributed by atoms with van der Waals surface area (Å²) in [6.07, 6.45) is 0. The lowest BCUT2D eigenvalue weighted by Crippen LogP contribution is -1.80. The van der Waals surface area contributed by atoms with Crippen molar-refractivity contribution >= 4 is 43.2 Å². The second kappa shape index (κ2) is 3.86. The highest BCUT2D eigenvalue weighted by Gasteiger charge is 2.12. The van der Waals surface area contributed by atoms with Crippen LogP contribution in [-0.4, -0.2) is 9.36 Å². The first-order chi connectivity index (χ1) is 8.93. The van der Waals surface area contributed by atoms with Crippen molar-refractivity contribution in [1.82, 2.24) is 9.36 Å². The molecule has 0 N–H and O–H groups in total. The van der Waals surface area contributed by atoms with Gasteiger partial charge in [0.25, 0.3) is 0 Å². The summed E-state index contributed by atoms with van der Waals surface area (Å²) in [4.78, 5) is 4.46. The number of nitrogens with zero attached hydrogens (tertiary/aromatic N) is 2. The van der Waals surface area contributed by atoms with Gasteiger partial charge in [-0.1, -0.05) is 30.3 Å². The van der Waals surface area contributed by atoms with E-state index in [1.807, 2.05) is 11.6 Å². The molecule has 4 rings (SSSR count). The second-order valence-electron chi connectivity index (χ2n) is 4.03. The minimum Gasteiger partial charge on any atom is -0.244 e. The molecule has 2 heterocycles. The van der Waals surface area contributed by atoms with E-state index in [-0.39, 0.29) is 0 Å². The molecule has 2 nitrogen and oxygen atoms in total. The fourth-order valence-electron chi connectivity index (χ4n) is 2.16. The third-order valence-electron chi connectivity index (χ3n) is 2.99. The van der Waals surface area contributed by atoms with Crippen LogP contribution in [0.15, 0.2) is 48.0 Å². The number of hydrogen-bond donors (Lipinski definition) is 0. The van der Waals surface area contributed by atoms with Gasteiger partial charge < -0.3 is 0 Å². The van der Waals surface area contributed by atoms with E-state index in [0.29, 0.717) is 0 Å². The van der Waals surface area contributed by atoms with E-state index >= 15 is 0 Å². The van der Waals surface area contributed by atoms with Crippen molar-refractivity contribution in [3.05, 3.63) is 48.0 Å². The van der Waals surface area contributed by atoms with Crippen LogP contribution in [0, 0.1) is 0 Å². The van der Waals surface area contributed by atoms with E-state index in [4.69, 9.17) is 0 Å². The molecule has 0 atom stereocenters. The van der Waals surface area contributed by atoms with Gasteiger partial charge in [-0.3, -0.25) is 0 Å². The average Bonchev–Trinajstić information content (AvgIpc) is 3.05. The number of benzene rings is 2. The summed E-state index contributed by atoms with van der Waals surface area (Å²) < 4.78 is 7.04. The second-order valence-corrected chi connectivity index (χ2v) is 5.72. The van der Waals surface area contributed by atoms with Crippen molar-refractivity contribution in [3.8, 4) is 11.3 Å². The molecular weight excluding hydrogens is 260 g/mol. The molecule has 2 aromatic carbocycles. The molecular formula is C14H8N2S2. The summed E-state index contributed by atoms with van der Waals surface area (Å²) in [5, 5.41) is 1.21. The van der Waals surface area contributed by atoms with Crippen molar-refractivity contribution in [2.45, 2.75) is 0 Å². The maximum absolute atomic E-state index is 4.60. The molecule has 4 aromatic rings. The summed E-state index contributed by atoms with van der Waals surface area (Å²) in [6.45, 7) is 0. The van der Waals surface area contributed by atoms with Crippen molar-refractivity contribution in [3.63, 3.8) is 0 Å². The Bertz CT molecular complexity index is 845. The number of para-hydroxylation sites is 1. The molecule has 2 aromatic heterocycles. The smallest absolute Gasteiger partial charge is 0.0941 e. The first-order valence-electron chi connectivity index (χ1n) is 5.60. The van der Waals surface area contributed by atoms with Crippen LogP contribution >= 0.6 is 22.9 Å². The Balaban J connectivity index is 2.10. The van der Waals surface area contributed by atoms with Crippen LogP contribution in [0.5, 0.6) is 0 Å². The lowest BCUT2D eigenvalue weighted by Gasteiger charge is -1.99. The van der Waals surface area contributed by atoms with Gasteiger partial charge in [0.1, 0.15) is 0 Å². The predicted molar refractivity (Wildman–Crippen MR) is 78.2 cm³/mol. The van der Waals surface area contributed by atoms with Crippen LogP contribution in [0.1, 0.15) is 0 Å². The quantitative estimate of drug-likeness (QED) is 0.505. The molecule has 0 bridgehead atoms. The van der Waals surface area contributed by atoms with Crippen molar-refractivity contribution in [2.24, 2.45) is 0 Å². The first kappa shape index (κ1) is 10.2. The van der Waals surface area contributed by atoms with Crippen molar-refractivity contribution < 1.29 is 0 Å². The minimum absolute atomic E-state index is 1.05. The molecule has 18 heavy (non-hydrogen) atoms. The molecule has 0 spiro atoms. The standard InChI is InChI=1S/C14H8N2S2/c1-2-6-11-9(4-1)13(16-18-11)10-5-3-7-12-14(10)15-8-17-12/h1-8H. The molecule has 86 valence electrons. The number of thiazole rings is 1. The Morgan fingerprint density at radius 1 is 0.889 bits per heavy atom. The number of rotatable bonds is 1. The maximum atomic E-state index is 4.60. The van der Waals surface area contributed by atoms with Crippen molar-refractivity contribution in [2.75, 3.05) is 0 Å². The molecule has 0 aliphatic carbocycles. The number of fused-ring (bicyclic) bond motifs is 2. The Morgan fingerprint density at radius 3 is 2.78 bits per heavy atom. The Morgan fingerprint density at radius 2 is 1.78 bits per heavy atom. The van der Waals surface area contributed by atoms with Crippen LogP contribution in [0.4, 0.5) is 0 Å². The van der Waals surface area contributed by atoms with Crippen LogP contribution in [0.2, 0.25) is 0 Å². The van der Waals surface area contributed by atoms with Gasteiger partial charge in [-0.15, -0.1) is 11.3 Å². The summed E-state index contributed by atoms with van der Waals surface area (Å²) in [5.41, 5.74) is 5.12. The topological polar surface area (TPSA) is 25.8 Å². The van der Waals surface area contributed by atoms with Gasteiger partial charge in [0.15, 0.2) is 0 Å². The zero-order chi connectivity index (χ0) is 11.9. The zero-order valence-electron chi connectivity index (χ0n) is 9.33. The van der Waals surface area contributed by atoms with Gasteiger partial charge in [0.05, 0.1) is 26.1 Å². The fourth-order valence-corrected chi connectivity index (χ4v) is 3.65. The predicted octanol–water partition coefficient (Wildman–Crippen LogP) is 4.57. The van der Waals surface area contributed by atoms with Crippen LogP contribution < -0.4 is 0 Å². The molecule has 0 amide bonds. The van der Waals surface area contributed by atoms with Crippen LogP contribution in [0.3, 0.4) is 0 Å². The van der Waals surface area contributed by atoms with Gasteiger partial charge in [-0.2, -0.15) is 4.37 Å². The summed E-state index contributed by atoms with van der Waals surface area (Å²) in [7, 11) is 0. The normalized spacial score (nSPS) is 11.3. The van der Waals surface area contributed by atoms with Gasteiger partial charge in [0, 0.05) is 10.9 Å².